The van der Waals surface area contributed by atoms with Crippen LogP contribution in [0.4, 0.5) is 34.2 Å². The fourth-order valence-electron chi connectivity index (χ4n) is 2.81. The molecule has 0 aliphatic rings. The number of nitrogens with two attached hydrogens (primary N) is 2. The highest BCUT2D eigenvalue weighted by Gasteiger charge is 2.28. The van der Waals surface area contributed by atoms with Crippen LogP contribution in [0, 0.1) is 0 Å². The summed E-state index contributed by atoms with van der Waals surface area (Å²) in [6.45, 7) is -4.61. The molecule has 0 aliphatic carbocycles. The molecule has 34 heavy (non-hydrogen) atoms. The number of carbonyl (C=O) groups excluding carboxylic acids is 2. The lowest BCUT2D eigenvalue weighted by Gasteiger charge is -2.26. The van der Waals surface area contributed by atoms with Crippen molar-refractivity contribution in [1.29, 1.82) is 0 Å². The number of aromatic nitrogens is 2. The predicted molar refractivity (Wildman–Crippen MR) is 115 cm³/mol. The van der Waals surface area contributed by atoms with Crippen LogP contribution in [0.3, 0.4) is 0 Å². The van der Waals surface area contributed by atoms with Gasteiger partial charge in [0.15, 0.2) is 5.13 Å². The highest BCUT2D eigenvalue weighted by Crippen LogP contribution is 2.36. The molecule has 9 nitrogen and oxygen atoms in total. The number of primary amides is 1. The second-order valence-electron chi connectivity index (χ2n) is 6.62. The van der Waals surface area contributed by atoms with Crippen LogP contribution < -0.4 is 25.8 Å². The van der Waals surface area contributed by atoms with E-state index in [4.69, 9.17) is 11.5 Å². The highest BCUT2D eigenvalue weighted by molar-refractivity contribution is 7.18. The Balaban J connectivity index is 1.93. The van der Waals surface area contributed by atoms with E-state index in [-0.39, 0.29) is 38.7 Å². The molecular weight excluding hydrogens is 482 g/mol. The van der Waals surface area contributed by atoms with Crippen molar-refractivity contribution in [2.24, 2.45) is 5.73 Å². The van der Waals surface area contributed by atoms with Gasteiger partial charge in [0.25, 0.3) is 0 Å². The third kappa shape index (κ3) is 5.70. The van der Waals surface area contributed by atoms with Crippen molar-refractivity contribution in [3.8, 4) is 11.6 Å². The molecule has 3 aromatic rings. The van der Waals surface area contributed by atoms with E-state index >= 15 is 0 Å². The zero-order valence-corrected chi connectivity index (χ0v) is 18.1. The van der Waals surface area contributed by atoms with Crippen LogP contribution in [0.1, 0.15) is 22.2 Å². The molecule has 0 saturated carbocycles. The van der Waals surface area contributed by atoms with Crippen molar-refractivity contribution in [2.45, 2.75) is 26.2 Å². The predicted octanol–water partition coefficient (Wildman–Crippen LogP) is 3.57. The Morgan fingerprint density at radius 2 is 1.68 bits per heavy atom. The maximum atomic E-state index is 12.9. The normalized spacial score (nSPS) is 12.0. The molecule has 2 heterocycles. The average molecular weight is 499 g/mol. The van der Waals surface area contributed by atoms with Crippen LogP contribution in [-0.4, -0.2) is 40.9 Å². The van der Waals surface area contributed by atoms with Crippen molar-refractivity contribution < 1.29 is 36.6 Å². The van der Waals surface area contributed by atoms with Crippen LogP contribution in [0.15, 0.2) is 42.6 Å². The van der Waals surface area contributed by atoms with E-state index in [9.17, 15) is 27.2 Å². The number of benzene rings is 1. The minimum atomic E-state index is -3.07. The zero-order chi connectivity index (χ0) is 25.0. The van der Waals surface area contributed by atoms with E-state index in [2.05, 4.69) is 19.4 Å². The van der Waals surface area contributed by atoms with Gasteiger partial charge in [-0.1, -0.05) is 11.3 Å². The van der Waals surface area contributed by atoms with Gasteiger partial charge in [-0.25, -0.2) is 9.97 Å². The maximum absolute atomic E-state index is 12.9. The molecule has 14 heteroatoms. The van der Waals surface area contributed by atoms with Gasteiger partial charge in [0, 0.05) is 11.6 Å². The van der Waals surface area contributed by atoms with Gasteiger partial charge in [-0.2, -0.15) is 17.6 Å². The summed E-state index contributed by atoms with van der Waals surface area (Å²) in [6, 6.07) is 6.51. The van der Waals surface area contributed by atoms with Crippen LogP contribution in [0.5, 0.6) is 11.6 Å². The van der Waals surface area contributed by atoms with Gasteiger partial charge in [-0.05, 0) is 37.3 Å². The number of thiazole rings is 1. The third-order valence-corrected chi connectivity index (χ3v) is 5.47. The van der Waals surface area contributed by atoms with Gasteiger partial charge in [0.1, 0.15) is 22.5 Å². The van der Waals surface area contributed by atoms with Crippen LogP contribution in [0.2, 0.25) is 0 Å². The maximum Gasteiger partial charge on any atom is 0.388 e. The molecule has 1 atom stereocenters. The van der Waals surface area contributed by atoms with Crippen molar-refractivity contribution in [3.63, 3.8) is 0 Å². The summed E-state index contributed by atoms with van der Waals surface area (Å²) in [5, 5.41) is 0.106. The summed E-state index contributed by atoms with van der Waals surface area (Å²) >= 11 is 0.843. The average Bonchev–Trinajstić information content (AvgIpc) is 3.15. The second-order valence-corrected chi connectivity index (χ2v) is 7.60. The number of pyridine rings is 1. The number of amides is 1. The van der Waals surface area contributed by atoms with Crippen molar-refractivity contribution in [1.82, 2.24) is 9.97 Å². The molecule has 1 amide bonds. The van der Waals surface area contributed by atoms with Gasteiger partial charge in [0.2, 0.25) is 17.6 Å². The first-order valence-corrected chi connectivity index (χ1v) is 10.2. The SMILES string of the molecule is CC(C(N)=O)N(c1ccc(OC(F)F)nc1)c1nc(N)c(C(=O)c2ccc(OC(F)F)cc2)s1. The zero-order valence-electron chi connectivity index (χ0n) is 17.3. The van der Waals surface area contributed by atoms with Crippen molar-refractivity contribution in [3.05, 3.63) is 53.0 Å². The Hall–Kier alpha value is -3.94. The molecule has 4 N–H and O–H groups in total. The summed E-state index contributed by atoms with van der Waals surface area (Å²) in [5.41, 5.74) is 11.8. The number of nitrogens with zero attached hydrogens (tertiary/aromatic N) is 3. The Morgan fingerprint density at radius 1 is 1.03 bits per heavy atom. The molecule has 180 valence electrons. The number of rotatable bonds is 10. The van der Waals surface area contributed by atoms with Gasteiger partial charge >= 0.3 is 13.2 Å². The number of hydrogen-bond acceptors (Lipinski definition) is 9. The Morgan fingerprint density at radius 3 is 2.21 bits per heavy atom. The number of halogens is 4. The van der Waals surface area contributed by atoms with E-state index in [1.165, 1.54) is 42.2 Å². The topological polar surface area (TPSA) is 134 Å². The van der Waals surface area contributed by atoms with Crippen molar-refractivity contribution in [2.75, 3.05) is 10.6 Å². The van der Waals surface area contributed by atoms with Gasteiger partial charge < -0.3 is 25.8 Å². The minimum absolute atomic E-state index is 0.0183. The lowest BCUT2D eigenvalue weighted by Crippen LogP contribution is -2.40. The smallest absolute Gasteiger partial charge is 0.388 e. The fourth-order valence-corrected chi connectivity index (χ4v) is 3.86. The monoisotopic (exact) mass is 499 g/mol. The number of ketones is 1. The first-order valence-electron chi connectivity index (χ1n) is 9.42. The van der Waals surface area contributed by atoms with Gasteiger partial charge in [-0.15, -0.1) is 0 Å². The standard InChI is InChI=1S/C20H17F4N5O4S/c1-9(17(26)31)29(11-4-7-13(27-8-11)33-19(23)24)20-28-16(25)15(34-20)14(30)10-2-5-12(6-3-10)32-18(21)22/h2-9,18-19H,25H2,1H3,(H2,26,31). The molecule has 0 aliphatic heterocycles. The van der Waals surface area contributed by atoms with E-state index in [0.717, 1.165) is 23.6 Å². The molecular formula is C20H17F4N5O4S. The van der Waals surface area contributed by atoms with Crippen LogP contribution in [0.25, 0.3) is 0 Å². The number of ether oxygens (including phenoxy) is 2. The highest BCUT2D eigenvalue weighted by atomic mass is 32.1. The van der Waals surface area contributed by atoms with E-state index in [0.29, 0.717) is 0 Å². The second kappa shape index (κ2) is 10.3. The van der Waals surface area contributed by atoms with E-state index in [1.807, 2.05) is 0 Å². The summed E-state index contributed by atoms with van der Waals surface area (Å²) in [5.74, 6) is -1.92. The Labute approximate surface area is 193 Å². The minimum Gasteiger partial charge on any atom is -0.435 e. The molecule has 0 radical (unpaired) electrons. The lowest BCUT2D eigenvalue weighted by molar-refractivity contribution is -0.118. The number of alkyl halides is 4. The molecule has 1 aromatic carbocycles. The number of hydrogen-bond donors (Lipinski definition) is 2. The van der Waals surface area contributed by atoms with Gasteiger partial charge in [-0.3, -0.25) is 9.59 Å². The van der Waals surface area contributed by atoms with E-state index < -0.39 is 31.0 Å². The number of nitrogen functional groups attached to an aromatic ring is 1. The Bertz CT molecular complexity index is 1160. The number of carbonyl (C=O) groups is 2. The third-order valence-electron chi connectivity index (χ3n) is 4.40. The van der Waals surface area contributed by atoms with Gasteiger partial charge in [0.05, 0.1) is 11.9 Å². The largest absolute Gasteiger partial charge is 0.435 e. The first kappa shape index (κ1) is 24.7. The molecule has 3 rings (SSSR count). The van der Waals surface area contributed by atoms with Crippen LogP contribution in [-0.2, 0) is 4.79 Å². The summed E-state index contributed by atoms with van der Waals surface area (Å²) in [7, 11) is 0. The summed E-state index contributed by atoms with van der Waals surface area (Å²) in [6.07, 6.45) is 1.16. The Kier molecular flexibility index (Phi) is 7.50. The van der Waals surface area contributed by atoms with E-state index in [1.54, 1.807) is 0 Å². The fraction of sp³-hybridized carbons (Fsp3) is 0.200. The molecule has 2 aromatic heterocycles. The number of anilines is 3. The molecule has 0 bridgehead atoms. The molecule has 0 fully saturated rings. The first-order chi connectivity index (χ1) is 16.1. The summed E-state index contributed by atoms with van der Waals surface area (Å²) < 4.78 is 57.9. The molecule has 0 saturated heterocycles. The lowest BCUT2D eigenvalue weighted by atomic mass is 10.1. The molecule has 0 spiro atoms. The van der Waals surface area contributed by atoms with Crippen LogP contribution >= 0.6 is 11.3 Å². The van der Waals surface area contributed by atoms with Crippen molar-refractivity contribution >= 4 is 39.7 Å². The summed E-state index contributed by atoms with van der Waals surface area (Å²) in [4.78, 5) is 34.1. The molecule has 1 unspecified atom stereocenters. The quantitative estimate of drug-likeness (QED) is 0.320.